The topological polar surface area (TPSA) is 0 Å². The van der Waals surface area contributed by atoms with Crippen LogP contribution in [-0.4, -0.2) is 0 Å². The van der Waals surface area contributed by atoms with Crippen molar-refractivity contribution in [2.75, 3.05) is 0 Å². The van der Waals surface area contributed by atoms with E-state index in [1.54, 1.807) is 5.92 Å². The van der Waals surface area contributed by atoms with Gasteiger partial charge in [-0.3, -0.25) is 0 Å². The van der Waals surface area contributed by atoms with Gasteiger partial charge < -0.3 is 12.3 Å². The van der Waals surface area contributed by atoms with Gasteiger partial charge >= 0.3 is 31.1 Å². The molecule has 1 fully saturated rings. The van der Waals surface area contributed by atoms with Crippen molar-refractivity contribution in [3.63, 3.8) is 0 Å². The Kier molecular flexibility index (Phi) is 7.95. The van der Waals surface area contributed by atoms with Crippen LogP contribution in [0.5, 0.6) is 0 Å². The molecule has 0 aromatic heterocycles. The van der Waals surface area contributed by atoms with E-state index in [1.165, 1.54) is 32.1 Å². The molecule has 0 bridgehead atoms. The van der Waals surface area contributed by atoms with Crippen LogP contribution in [0, 0.1) is 55.3 Å². The second kappa shape index (κ2) is 7.36. The van der Waals surface area contributed by atoms with Crippen molar-refractivity contribution < 1.29 is 31.1 Å². The van der Waals surface area contributed by atoms with Gasteiger partial charge in [0.2, 0.25) is 0 Å². The minimum atomic E-state index is 0. The molecule has 2 atom stereocenters. The molecule has 0 radical (unpaired) electrons. The van der Waals surface area contributed by atoms with E-state index >= 15 is 0 Å². The Hall–Kier alpha value is 1.05. The van der Waals surface area contributed by atoms with Crippen molar-refractivity contribution in [2.24, 2.45) is 11.8 Å². The molecule has 1 unspecified atom stereocenters. The summed E-state index contributed by atoms with van der Waals surface area (Å²) in [5, 5.41) is 0. The largest absolute Gasteiger partial charge is 2.00 e. The van der Waals surface area contributed by atoms with Crippen molar-refractivity contribution >= 4 is 0 Å². The Morgan fingerprint density at radius 2 is 2.08 bits per heavy atom. The molecule has 0 aromatic rings. The van der Waals surface area contributed by atoms with Gasteiger partial charge in [0, 0.05) is 0 Å². The van der Waals surface area contributed by atoms with Gasteiger partial charge in [-0.05, 0) is 0 Å². The van der Waals surface area contributed by atoms with Gasteiger partial charge in [-0.1, -0.05) is 32.1 Å². The zero-order valence-corrected chi connectivity index (χ0v) is 13.4. The minimum Gasteiger partial charge on any atom is -0.325 e. The second-order valence-electron chi connectivity index (χ2n) is 4.57. The molecule has 0 aliphatic heterocycles. The molecule has 0 aromatic carbocycles. The number of hydrogen-bond acceptors (Lipinski definition) is 0. The summed E-state index contributed by atoms with van der Waals surface area (Å²) in [6, 6.07) is 0. The summed E-state index contributed by atoms with van der Waals surface area (Å²) in [7, 11) is 0. The quantitative estimate of drug-likeness (QED) is 0.624. The van der Waals surface area contributed by atoms with Gasteiger partial charge in [0.25, 0.3) is 0 Å². The molecule has 0 N–H and O–H groups in total. The van der Waals surface area contributed by atoms with Crippen molar-refractivity contribution in [2.45, 2.75) is 52.9 Å². The summed E-state index contributed by atoms with van der Waals surface area (Å²) in [6.07, 6.45) is 9.55. The first-order valence-electron chi connectivity index (χ1n) is 5.32. The number of hydrogen-bond donors (Lipinski definition) is 0. The van der Waals surface area contributed by atoms with Crippen LogP contribution < -0.4 is 0 Å². The van der Waals surface area contributed by atoms with E-state index < -0.39 is 0 Å². The van der Waals surface area contributed by atoms with Crippen LogP contribution in [0.25, 0.3) is 0 Å². The Morgan fingerprint density at radius 1 is 1.38 bits per heavy atom. The summed E-state index contributed by atoms with van der Waals surface area (Å²) in [6.45, 7) is 6.90. The fraction of sp³-hybridized carbons (Fsp3) is 0.833. The molecular formula is C12H22U. The molecule has 1 saturated carbocycles. The molecule has 0 heterocycles. The fourth-order valence-corrected chi connectivity index (χ4v) is 2.29. The monoisotopic (exact) mass is 404 g/mol. The van der Waals surface area contributed by atoms with Crippen LogP contribution in [0.15, 0.2) is 0 Å². The van der Waals surface area contributed by atoms with Gasteiger partial charge in [-0.25, -0.2) is 0 Å². The van der Waals surface area contributed by atoms with E-state index in [9.17, 15) is 0 Å². The third-order valence-corrected chi connectivity index (χ3v) is 2.92. The summed E-state index contributed by atoms with van der Waals surface area (Å²) in [5.41, 5.74) is 0. The smallest absolute Gasteiger partial charge is 0.325 e. The predicted octanol–water partition coefficient (Wildman–Crippen LogP) is 4.02. The maximum atomic E-state index is 2.55. The first kappa shape index (κ1) is 14.1. The third kappa shape index (κ3) is 5.48. The Balaban J connectivity index is 0.00000144. The van der Waals surface area contributed by atoms with Crippen LogP contribution in [0.3, 0.4) is 0 Å². The van der Waals surface area contributed by atoms with Crippen LogP contribution in [0.1, 0.15) is 52.9 Å². The van der Waals surface area contributed by atoms with Crippen molar-refractivity contribution in [3.8, 4) is 0 Å². The Bertz CT molecular complexity index is 114. The summed E-state index contributed by atoms with van der Waals surface area (Å²) in [5.74, 6) is 3.38. The standard InChI is InChI=1S/C12H22.U/c1-10(2)9-11(3)12-7-5-4-6-8-12;/h7,11-12H,4-6,8-9H2,1-3H3;/q-2;+2/t11-,12?;/m0./s1. The fourth-order valence-electron chi connectivity index (χ4n) is 2.29. The maximum absolute atomic E-state index is 2.55. The number of rotatable bonds is 3. The second-order valence-corrected chi connectivity index (χ2v) is 4.57. The molecule has 1 heteroatoms. The predicted molar refractivity (Wildman–Crippen MR) is 54.6 cm³/mol. The first-order chi connectivity index (χ1) is 5.70. The van der Waals surface area contributed by atoms with Gasteiger partial charge in [0.1, 0.15) is 0 Å². The molecule has 1 rings (SSSR count). The summed E-state index contributed by atoms with van der Waals surface area (Å²) >= 11 is 0. The molecule has 0 nitrogen and oxygen atoms in total. The van der Waals surface area contributed by atoms with Gasteiger partial charge in [-0.2, -0.15) is 32.6 Å². The van der Waals surface area contributed by atoms with Gasteiger partial charge in [0.05, 0.1) is 0 Å². The van der Waals surface area contributed by atoms with Crippen LogP contribution in [0.2, 0.25) is 0 Å². The molecule has 1 aliphatic rings. The van der Waals surface area contributed by atoms with Crippen molar-refractivity contribution in [3.05, 3.63) is 12.3 Å². The van der Waals surface area contributed by atoms with Crippen LogP contribution in [0.4, 0.5) is 0 Å². The van der Waals surface area contributed by atoms with Crippen molar-refractivity contribution in [1.82, 2.24) is 0 Å². The van der Waals surface area contributed by atoms with E-state index in [-0.39, 0.29) is 31.1 Å². The average molecular weight is 404 g/mol. The van der Waals surface area contributed by atoms with E-state index in [4.69, 9.17) is 0 Å². The molecule has 0 spiro atoms. The Labute approximate surface area is 108 Å². The maximum Gasteiger partial charge on any atom is 2.00 e. The zero-order valence-electron chi connectivity index (χ0n) is 9.27. The van der Waals surface area contributed by atoms with Crippen LogP contribution in [-0.2, 0) is 0 Å². The summed E-state index contributed by atoms with van der Waals surface area (Å²) < 4.78 is 0. The van der Waals surface area contributed by atoms with Crippen LogP contribution >= 0.6 is 0 Å². The molecule has 13 heavy (non-hydrogen) atoms. The van der Waals surface area contributed by atoms with E-state index in [1.807, 2.05) is 0 Å². The first-order valence-corrected chi connectivity index (χ1v) is 5.32. The molecular weight excluding hydrogens is 382 g/mol. The molecule has 74 valence electrons. The van der Waals surface area contributed by atoms with E-state index in [2.05, 4.69) is 27.2 Å². The summed E-state index contributed by atoms with van der Waals surface area (Å²) in [4.78, 5) is 0. The minimum absolute atomic E-state index is 0. The third-order valence-electron chi connectivity index (χ3n) is 2.92. The normalized spacial score (nSPS) is 25.4. The molecule has 0 amide bonds. The zero-order chi connectivity index (χ0) is 8.97. The van der Waals surface area contributed by atoms with E-state index in [0.717, 1.165) is 11.8 Å². The van der Waals surface area contributed by atoms with Gasteiger partial charge in [-0.15, -0.1) is 0 Å². The van der Waals surface area contributed by atoms with Gasteiger partial charge in [0.15, 0.2) is 0 Å². The average Bonchev–Trinajstić information content (AvgIpc) is 2.05. The Morgan fingerprint density at radius 3 is 2.54 bits per heavy atom. The molecule has 1 aliphatic carbocycles. The van der Waals surface area contributed by atoms with E-state index in [0.29, 0.717) is 0 Å². The molecule has 0 saturated heterocycles. The SMILES string of the molecule is C[C-](C)C[C@H](C)C1[CH-]CCCC1.[U+2]. The van der Waals surface area contributed by atoms with Crippen molar-refractivity contribution in [1.29, 1.82) is 0 Å².